The number of halogens is 1. The van der Waals surface area contributed by atoms with Crippen molar-refractivity contribution in [1.29, 1.82) is 0 Å². The molecule has 3 aromatic rings. The number of carbonyl (C=O) groups excluding carboxylic acids is 1. The lowest BCUT2D eigenvalue weighted by Crippen LogP contribution is -2.20. The fourth-order valence-corrected chi connectivity index (χ4v) is 2.56. The number of amides is 1. The fraction of sp³-hybridized carbons (Fsp3) is 0.0556. The Labute approximate surface area is 163 Å². The molecule has 0 aliphatic heterocycles. The largest absolute Gasteiger partial charge is 0.295 e. The average molecular weight is 400 g/mol. The van der Waals surface area contributed by atoms with Crippen molar-refractivity contribution in [3.63, 3.8) is 0 Å². The minimum absolute atomic E-state index is 0.120. The number of hydrogen-bond acceptors (Lipinski definition) is 5. The summed E-state index contributed by atoms with van der Waals surface area (Å²) in [6, 6.07) is 11.8. The molecule has 0 fully saturated rings. The molecule has 1 amide bonds. The van der Waals surface area contributed by atoms with Crippen LogP contribution in [-0.4, -0.2) is 26.8 Å². The van der Waals surface area contributed by atoms with E-state index in [2.05, 4.69) is 15.6 Å². The number of nitrogens with one attached hydrogen (secondary N) is 2. The summed E-state index contributed by atoms with van der Waals surface area (Å²) in [7, 11) is 0. The van der Waals surface area contributed by atoms with Crippen molar-refractivity contribution in [2.45, 2.75) is 6.92 Å². The molecule has 1 heterocycles. The highest BCUT2D eigenvalue weighted by atomic mass is 35.5. The summed E-state index contributed by atoms with van der Waals surface area (Å²) in [5.41, 5.74) is 3.47. The molecule has 0 spiro atoms. The van der Waals surface area contributed by atoms with E-state index in [0.717, 1.165) is 0 Å². The number of aromatic nitrogens is 2. The summed E-state index contributed by atoms with van der Waals surface area (Å²) in [5, 5.41) is 17.9. The minimum atomic E-state index is -0.558. The van der Waals surface area contributed by atoms with E-state index in [-0.39, 0.29) is 22.4 Å². The van der Waals surface area contributed by atoms with Gasteiger partial charge in [-0.25, -0.2) is 10.1 Å². The van der Waals surface area contributed by atoms with Gasteiger partial charge in [0.1, 0.15) is 0 Å². The fourth-order valence-electron chi connectivity index (χ4n) is 2.44. The lowest BCUT2D eigenvalue weighted by Gasteiger charge is -2.00. The van der Waals surface area contributed by atoms with E-state index in [4.69, 9.17) is 11.6 Å². The molecule has 28 heavy (non-hydrogen) atoms. The van der Waals surface area contributed by atoms with Gasteiger partial charge >= 0.3 is 0 Å². The lowest BCUT2D eigenvalue weighted by molar-refractivity contribution is -0.384. The molecule has 0 atom stereocenters. The van der Waals surface area contributed by atoms with Gasteiger partial charge in [-0.1, -0.05) is 11.6 Å². The van der Waals surface area contributed by atoms with Crippen molar-refractivity contribution < 1.29 is 9.72 Å². The lowest BCUT2D eigenvalue weighted by atomic mass is 10.2. The number of benzene rings is 2. The van der Waals surface area contributed by atoms with Gasteiger partial charge in [-0.2, -0.15) is 5.10 Å². The molecular formula is C18H14ClN5O4. The Kier molecular flexibility index (Phi) is 5.37. The van der Waals surface area contributed by atoms with Crippen LogP contribution in [0.25, 0.3) is 5.69 Å². The molecule has 1 aromatic heterocycles. The zero-order valence-electron chi connectivity index (χ0n) is 14.5. The van der Waals surface area contributed by atoms with Gasteiger partial charge in [-0.3, -0.25) is 24.8 Å². The Morgan fingerprint density at radius 3 is 2.46 bits per heavy atom. The van der Waals surface area contributed by atoms with Crippen LogP contribution in [0.5, 0.6) is 0 Å². The van der Waals surface area contributed by atoms with Crippen molar-refractivity contribution in [3.8, 4) is 5.69 Å². The van der Waals surface area contributed by atoms with Crippen molar-refractivity contribution in [3.05, 3.63) is 90.8 Å². The number of aromatic amines is 1. The maximum Gasteiger partial charge on any atom is 0.280 e. The normalized spacial score (nSPS) is 10.9. The zero-order valence-corrected chi connectivity index (χ0v) is 15.3. The Hall–Kier alpha value is -3.72. The third-order valence-electron chi connectivity index (χ3n) is 3.90. The maximum absolute atomic E-state index is 12.6. The van der Waals surface area contributed by atoms with Gasteiger partial charge < -0.3 is 0 Å². The van der Waals surface area contributed by atoms with Gasteiger partial charge in [0.15, 0.2) is 0 Å². The van der Waals surface area contributed by atoms with Gasteiger partial charge in [0.25, 0.3) is 17.2 Å². The number of H-pyrrole nitrogens is 1. The molecule has 0 aliphatic rings. The summed E-state index contributed by atoms with van der Waals surface area (Å²) in [4.78, 5) is 34.7. The molecule has 10 heteroatoms. The first-order valence-corrected chi connectivity index (χ1v) is 8.40. The molecule has 0 saturated heterocycles. The third kappa shape index (κ3) is 3.99. The van der Waals surface area contributed by atoms with Crippen LogP contribution in [0.3, 0.4) is 0 Å². The SMILES string of the molecule is Cc1[nH]n(-c2ccc(Cl)cc2)c(=O)c1C=NNC(=O)c1ccc([N+](=O)[O-])cc1. The number of carbonyl (C=O) groups is 1. The second-order valence-electron chi connectivity index (χ2n) is 5.77. The van der Waals surface area contributed by atoms with Crippen molar-refractivity contribution in [2.75, 3.05) is 0 Å². The molecule has 0 unspecified atom stereocenters. The van der Waals surface area contributed by atoms with Crippen LogP contribution < -0.4 is 11.0 Å². The Morgan fingerprint density at radius 1 is 1.21 bits per heavy atom. The highest BCUT2D eigenvalue weighted by Crippen LogP contribution is 2.13. The third-order valence-corrected chi connectivity index (χ3v) is 4.15. The summed E-state index contributed by atoms with van der Waals surface area (Å²) in [6.45, 7) is 1.70. The van der Waals surface area contributed by atoms with E-state index in [9.17, 15) is 19.7 Å². The number of rotatable bonds is 5. The maximum atomic E-state index is 12.6. The van der Waals surface area contributed by atoms with E-state index in [0.29, 0.717) is 16.4 Å². The quantitative estimate of drug-likeness (QED) is 0.389. The summed E-state index contributed by atoms with van der Waals surface area (Å²) in [5.74, 6) is -0.558. The second-order valence-corrected chi connectivity index (χ2v) is 6.21. The van der Waals surface area contributed by atoms with E-state index in [1.54, 1.807) is 31.2 Å². The molecule has 0 bridgehead atoms. The van der Waals surface area contributed by atoms with Gasteiger partial charge in [0.05, 0.1) is 22.4 Å². The van der Waals surface area contributed by atoms with E-state index < -0.39 is 10.8 Å². The van der Waals surface area contributed by atoms with Crippen LogP contribution in [0.4, 0.5) is 5.69 Å². The monoisotopic (exact) mass is 399 g/mol. The van der Waals surface area contributed by atoms with E-state index >= 15 is 0 Å². The smallest absolute Gasteiger partial charge is 0.280 e. The number of nitro groups is 1. The number of hydrazone groups is 1. The van der Waals surface area contributed by atoms with Gasteiger partial charge in [0.2, 0.25) is 0 Å². The van der Waals surface area contributed by atoms with Crippen molar-refractivity contribution in [2.24, 2.45) is 5.10 Å². The summed E-state index contributed by atoms with van der Waals surface area (Å²) in [6.07, 6.45) is 1.24. The first-order chi connectivity index (χ1) is 13.4. The number of hydrogen-bond donors (Lipinski definition) is 2. The van der Waals surface area contributed by atoms with Crippen LogP contribution in [-0.2, 0) is 0 Å². The molecule has 142 valence electrons. The van der Waals surface area contributed by atoms with Crippen LogP contribution >= 0.6 is 11.6 Å². The molecule has 2 N–H and O–H groups in total. The van der Waals surface area contributed by atoms with E-state index in [1.807, 2.05) is 0 Å². The summed E-state index contributed by atoms with van der Waals surface area (Å²) < 4.78 is 1.34. The molecular weight excluding hydrogens is 386 g/mol. The summed E-state index contributed by atoms with van der Waals surface area (Å²) >= 11 is 5.86. The van der Waals surface area contributed by atoms with Crippen LogP contribution in [0, 0.1) is 17.0 Å². The van der Waals surface area contributed by atoms with E-state index in [1.165, 1.54) is 35.2 Å². The first-order valence-electron chi connectivity index (χ1n) is 8.02. The Morgan fingerprint density at radius 2 is 1.86 bits per heavy atom. The predicted molar refractivity (Wildman–Crippen MR) is 104 cm³/mol. The van der Waals surface area contributed by atoms with Gasteiger partial charge in [-0.05, 0) is 43.3 Å². The highest BCUT2D eigenvalue weighted by Gasteiger charge is 2.12. The van der Waals surface area contributed by atoms with Crippen molar-refractivity contribution >= 4 is 29.4 Å². The highest BCUT2D eigenvalue weighted by molar-refractivity contribution is 6.30. The van der Waals surface area contributed by atoms with Crippen LogP contribution in [0.2, 0.25) is 5.02 Å². The first kappa shape index (κ1) is 19.1. The molecule has 9 nitrogen and oxygen atoms in total. The zero-order chi connectivity index (χ0) is 20.3. The number of nitro benzene ring substituents is 1. The Bertz CT molecular complexity index is 1110. The van der Waals surface area contributed by atoms with Crippen molar-refractivity contribution in [1.82, 2.24) is 15.2 Å². The molecule has 0 aliphatic carbocycles. The minimum Gasteiger partial charge on any atom is -0.295 e. The van der Waals surface area contributed by atoms with Gasteiger partial charge in [0, 0.05) is 28.4 Å². The second kappa shape index (κ2) is 7.89. The Balaban J connectivity index is 1.75. The van der Waals surface area contributed by atoms with Crippen LogP contribution in [0.15, 0.2) is 58.4 Å². The predicted octanol–water partition coefficient (Wildman–Crippen LogP) is 2.80. The molecule has 0 radical (unpaired) electrons. The number of non-ortho nitro benzene ring substituents is 1. The molecule has 0 saturated carbocycles. The number of aryl methyl sites for hydroxylation is 1. The molecule has 2 aromatic carbocycles. The average Bonchev–Trinajstić information content (AvgIpc) is 2.96. The number of nitrogens with zero attached hydrogens (tertiary/aromatic N) is 3. The van der Waals surface area contributed by atoms with Crippen LogP contribution in [0.1, 0.15) is 21.6 Å². The molecule has 3 rings (SSSR count). The standard InChI is InChI=1S/C18H14ClN5O4/c1-11-16(18(26)23(22-11)14-8-4-13(19)5-9-14)10-20-21-17(25)12-2-6-15(7-3-12)24(27)28/h2-10,22H,1H3,(H,21,25). The topological polar surface area (TPSA) is 122 Å². The van der Waals surface area contributed by atoms with Gasteiger partial charge in [-0.15, -0.1) is 0 Å².